The molecule has 0 aromatic heterocycles. The van der Waals surface area contributed by atoms with Gasteiger partial charge in [-0.15, -0.1) is 0 Å². The highest BCUT2D eigenvalue weighted by atomic mass is 16.5. The lowest BCUT2D eigenvalue weighted by Crippen LogP contribution is -2.02. The van der Waals surface area contributed by atoms with Crippen LogP contribution in [0.4, 0.5) is 5.69 Å². The third kappa shape index (κ3) is 6.33. The van der Waals surface area contributed by atoms with Gasteiger partial charge in [0.25, 0.3) is 0 Å². The van der Waals surface area contributed by atoms with Crippen LogP contribution in [0.3, 0.4) is 0 Å². The van der Waals surface area contributed by atoms with Crippen LogP contribution in [0.5, 0.6) is 11.5 Å². The molecule has 0 saturated heterocycles. The average molecular weight is 370 g/mol. The number of hydrazone groups is 1. The predicted molar refractivity (Wildman–Crippen MR) is 107 cm³/mol. The van der Waals surface area contributed by atoms with E-state index >= 15 is 0 Å². The molecular weight excluding hydrogens is 344 g/mol. The van der Waals surface area contributed by atoms with Crippen LogP contribution in [0.15, 0.2) is 47.6 Å². The van der Waals surface area contributed by atoms with Crippen molar-refractivity contribution in [1.82, 2.24) is 0 Å². The van der Waals surface area contributed by atoms with Gasteiger partial charge in [0.15, 0.2) is 11.5 Å². The van der Waals surface area contributed by atoms with E-state index in [0.29, 0.717) is 23.8 Å². The first kappa shape index (κ1) is 20.3. The van der Waals surface area contributed by atoms with Gasteiger partial charge >= 0.3 is 5.97 Å². The van der Waals surface area contributed by atoms with Crippen LogP contribution in [0.1, 0.15) is 48.5 Å². The van der Waals surface area contributed by atoms with Crippen LogP contribution in [-0.4, -0.2) is 31.0 Å². The minimum absolute atomic E-state index is 0.166. The third-order valence-corrected chi connectivity index (χ3v) is 4.00. The van der Waals surface area contributed by atoms with Gasteiger partial charge in [-0.05, 0) is 42.3 Å². The Morgan fingerprint density at radius 3 is 2.70 bits per heavy atom. The lowest BCUT2D eigenvalue weighted by atomic mass is 10.2. The minimum atomic E-state index is -1.00. The first-order chi connectivity index (χ1) is 13.2. The van der Waals surface area contributed by atoms with Gasteiger partial charge in [0, 0.05) is 0 Å². The molecule has 2 rings (SSSR count). The number of carboxylic acid groups (broad SMARTS) is 1. The number of benzene rings is 2. The molecule has 2 aromatic rings. The number of hydrogen-bond acceptors (Lipinski definition) is 5. The second kappa shape index (κ2) is 10.9. The van der Waals surface area contributed by atoms with E-state index in [-0.39, 0.29) is 5.56 Å². The number of hydrogen-bond donors (Lipinski definition) is 2. The molecule has 0 radical (unpaired) electrons. The van der Waals surface area contributed by atoms with Gasteiger partial charge in [0.1, 0.15) is 0 Å². The van der Waals surface area contributed by atoms with Crippen molar-refractivity contribution in [3.8, 4) is 11.5 Å². The number of rotatable bonds is 11. The summed E-state index contributed by atoms with van der Waals surface area (Å²) in [4.78, 5) is 11.2. The normalized spacial score (nSPS) is 10.7. The van der Waals surface area contributed by atoms with Crippen molar-refractivity contribution in [2.45, 2.75) is 32.6 Å². The van der Waals surface area contributed by atoms with Crippen molar-refractivity contribution in [1.29, 1.82) is 0 Å². The number of anilines is 1. The monoisotopic (exact) mass is 370 g/mol. The summed E-state index contributed by atoms with van der Waals surface area (Å²) >= 11 is 0. The van der Waals surface area contributed by atoms with Gasteiger partial charge in [-0.3, -0.25) is 5.43 Å². The molecule has 0 fully saturated rings. The SMILES string of the molecule is CCCCCCOc1ccc(/C=N/Nc2ccccc2C(=O)O)cc1OC. The van der Waals surface area contributed by atoms with Gasteiger partial charge in [-0.1, -0.05) is 38.3 Å². The van der Waals surface area contributed by atoms with Crippen molar-refractivity contribution in [2.75, 3.05) is 19.1 Å². The summed E-state index contributed by atoms with van der Waals surface area (Å²) in [5, 5.41) is 13.3. The quantitative estimate of drug-likeness (QED) is 0.337. The maximum atomic E-state index is 11.2. The molecular formula is C21H26N2O4. The zero-order valence-electron chi connectivity index (χ0n) is 15.8. The van der Waals surface area contributed by atoms with Crippen molar-refractivity contribution in [3.63, 3.8) is 0 Å². The maximum absolute atomic E-state index is 11.2. The molecule has 0 heterocycles. The largest absolute Gasteiger partial charge is 0.493 e. The van der Waals surface area contributed by atoms with Crippen LogP contribution in [0.2, 0.25) is 0 Å². The first-order valence-corrected chi connectivity index (χ1v) is 9.08. The summed E-state index contributed by atoms with van der Waals surface area (Å²) in [6.07, 6.45) is 6.20. The topological polar surface area (TPSA) is 80.2 Å². The molecule has 0 aliphatic carbocycles. The molecule has 2 aromatic carbocycles. The summed E-state index contributed by atoms with van der Waals surface area (Å²) in [6, 6.07) is 12.2. The number of ether oxygens (including phenoxy) is 2. The molecule has 6 nitrogen and oxygen atoms in total. The minimum Gasteiger partial charge on any atom is -0.493 e. The second-order valence-corrected chi connectivity index (χ2v) is 6.04. The fourth-order valence-corrected chi connectivity index (χ4v) is 2.54. The second-order valence-electron chi connectivity index (χ2n) is 6.04. The van der Waals surface area contributed by atoms with E-state index in [0.717, 1.165) is 18.4 Å². The highest BCUT2D eigenvalue weighted by Crippen LogP contribution is 2.28. The molecule has 27 heavy (non-hydrogen) atoms. The number of unbranched alkanes of at least 4 members (excludes halogenated alkanes) is 3. The summed E-state index contributed by atoms with van der Waals surface area (Å²) in [5.74, 6) is 0.339. The lowest BCUT2D eigenvalue weighted by molar-refractivity contribution is 0.0698. The third-order valence-electron chi connectivity index (χ3n) is 4.00. The van der Waals surface area contributed by atoms with Crippen LogP contribution in [-0.2, 0) is 0 Å². The van der Waals surface area contributed by atoms with Gasteiger partial charge < -0.3 is 14.6 Å². The van der Waals surface area contributed by atoms with Crippen LogP contribution < -0.4 is 14.9 Å². The molecule has 0 saturated carbocycles. The Bertz CT molecular complexity index is 775. The average Bonchev–Trinajstić information content (AvgIpc) is 2.68. The van der Waals surface area contributed by atoms with Gasteiger partial charge in [-0.2, -0.15) is 5.10 Å². The fourth-order valence-electron chi connectivity index (χ4n) is 2.54. The zero-order chi connectivity index (χ0) is 19.5. The van der Waals surface area contributed by atoms with E-state index in [9.17, 15) is 9.90 Å². The lowest BCUT2D eigenvalue weighted by Gasteiger charge is -2.11. The molecule has 144 valence electrons. The molecule has 0 bridgehead atoms. The van der Waals surface area contributed by atoms with E-state index in [1.807, 2.05) is 18.2 Å². The Morgan fingerprint density at radius 1 is 1.15 bits per heavy atom. The standard InChI is InChI=1S/C21H26N2O4/c1-3-4-5-8-13-27-19-12-11-16(14-20(19)26-2)15-22-23-18-10-7-6-9-17(18)21(24)25/h6-7,9-12,14-15,23H,3-5,8,13H2,1-2H3,(H,24,25)/b22-15+. The number of para-hydroxylation sites is 1. The van der Waals surface area contributed by atoms with Gasteiger partial charge in [0.05, 0.1) is 31.2 Å². The zero-order valence-corrected chi connectivity index (χ0v) is 15.8. The molecule has 0 aliphatic rings. The predicted octanol–water partition coefficient (Wildman–Crippen LogP) is 4.80. The van der Waals surface area contributed by atoms with E-state index < -0.39 is 5.97 Å². The highest BCUT2D eigenvalue weighted by Gasteiger charge is 2.08. The van der Waals surface area contributed by atoms with E-state index in [4.69, 9.17) is 9.47 Å². The van der Waals surface area contributed by atoms with Crippen molar-refractivity contribution in [3.05, 3.63) is 53.6 Å². The summed E-state index contributed by atoms with van der Waals surface area (Å²) < 4.78 is 11.2. The Kier molecular flexibility index (Phi) is 8.16. The Balaban J connectivity index is 1.99. The number of carboxylic acids is 1. The molecule has 2 N–H and O–H groups in total. The number of methoxy groups -OCH3 is 1. The molecule has 0 aliphatic heterocycles. The molecule has 0 spiro atoms. The van der Waals surface area contributed by atoms with E-state index in [2.05, 4.69) is 17.5 Å². The smallest absolute Gasteiger partial charge is 0.337 e. The Hall–Kier alpha value is -3.02. The fraction of sp³-hybridized carbons (Fsp3) is 0.333. The van der Waals surface area contributed by atoms with E-state index in [1.165, 1.54) is 18.9 Å². The van der Waals surface area contributed by atoms with Crippen LogP contribution >= 0.6 is 0 Å². The van der Waals surface area contributed by atoms with Crippen LogP contribution in [0.25, 0.3) is 0 Å². The number of nitrogens with zero attached hydrogens (tertiary/aromatic N) is 1. The molecule has 6 heteroatoms. The maximum Gasteiger partial charge on any atom is 0.337 e. The number of nitrogens with one attached hydrogen (secondary N) is 1. The van der Waals surface area contributed by atoms with Crippen molar-refractivity contribution in [2.24, 2.45) is 5.10 Å². The number of aromatic carboxylic acids is 1. The van der Waals surface area contributed by atoms with Gasteiger partial charge in [-0.25, -0.2) is 4.79 Å². The van der Waals surface area contributed by atoms with Gasteiger partial charge in [0.2, 0.25) is 0 Å². The molecule has 0 amide bonds. The summed E-state index contributed by atoms with van der Waals surface area (Å²) in [6.45, 7) is 2.84. The number of carbonyl (C=O) groups is 1. The van der Waals surface area contributed by atoms with Crippen molar-refractivity contribution < 1.29 is 19.4 Å². The summed E-state index contributed by atoms with van der Waals surface area (Å²) in [5.41, 5.74) is 4.17. The first-order valence-electron chi connectivity index (χ1n) is 9.08. The summed E-state index contributed by atoms with van der Waals surface area (Å²) in [7, 11) is 1.60. The highest BCUT2D eigenvalue weighted by molar-refractivity contribution is 5.94. The van der Waals surface area contributed by atoms with E-state index in [1.54, 1.807) is 31.5 Å². The Morgan fingerprint density at radius 2 is 1.96 bits per heavy atom. The molecule has 0 unspecified atom stereocenters. The van der Waals surface area contributed by atoms with Crippen LogP contribution in [0, 0.1) is 0 Å². The molecule has 0 atom stereocenters. The van der Waals surface area contributed by atoms with Crippen molar-refractivity contribution >= 4 is 17.9 Å². The Labute approximate surface area is 159 Å².